The Bertz CT molecular complexity index is 705. The molecule has 2 aromatic heterocycles. The second-order valence-corrected chi connectivity index (χ2v) is 6.24. The number of hydrogen-bond acceptors (Lipinski definition) is 5. The van der Waals surface area contributed by atoms with Gasteiger partial charge in [-0.1, -0.05) is 6.07 Å². The van der Waals surface area contributed by atoms with Crippen LogP contribution >= 0.6 is 0 Å². The molecule has 1 saturated heterocycles. The molecule has 1 fully saturated rings. The van der Waals surface area contributed by atoms with Crippen molar-refractivity contribution in [2.45, 2.75) is 45.2 Å². The van der Waals surface area contributed by atoms with Gasteiger partial charge in [-0.15, -0.1) is 0 Å². The van der Waals surface area contributed by atoms with Crippen LogP contribution in [-0.2, 0) is 17.8 Å². The van der Waals surface area contributed by atoms with Gasteiger partial charge in [0.05, 0.1) is 12.5 Å². The summed E-state index contributed by atoms with van der Waals surface area (Å²) >= 11 is 0. The van der Waals surface area contributed by atoms with E-state index in [2.05, 4.69) is 25.9 Å². The van der Waals surface area contributed by atoms with Gasteiger partial charge < -0.3 is 5.11 Å². The van der Waals surface area contributed by atoms with Crippen LogP contribution in [0.25, 0.3) is 0 Å². The number of aryl methyl sites for hydroxylation is 2. The van der Waals surface area contributed by atoms with Gasteiger partial charge >= 0.3 is 5.97 Å². The van der Waals surface area contributed by atoms with Crippen molar-refractivity contribution in [1.82, 2.24) is 19.9 Å². The molecule has 6 nitrogen and oxygen atoms in total. The van der Waals surface area contributed by atoms with Gasteiger partial charge in [0.2, 0.25) is 0 Å². The average molecular weight is 326 g/mol. The molecule has 0 radical (unpaired) electrons. The van der Waals surface area contributed by atoms with E-state index in [9.17, 15) is 4.79 Å². The number of pyridine rings is 1. The molecule has 1 aliphatic heterocycles. The first kappa shape index (κ1) is 16.5. The van der Waals surface area contributed by atoms with E-state index < -0.39 is 5.97 Å². The van der Waals surface area contributed by atoms with Crippen LogP contribution in [0.15, 0.2) is 30.6 Å². The third-order valence-corrected chi connectivity index (χ3v) is 4.29. The summed E-state index contributed by atoms with van der Waals surface area (Å²) in [5.41, 5.74) is 2.89. The van der Waals surface area contributed by atoms with Crippen molar-refractivity contribution in [2.75, 3.05) is 6.54 Å². The number of aromatic nitrogens is 3. The van der Waals surface area contributed by atoms with E-state index in [1.165, 1.54) is 5.56 Å². The summed E-state index contributed by atoms with van der Waals surface area (Å²) in [5.74, 6) is 0.0173. The third-order valence-electron chi connectivity index (χ3n) is 4.29. The number of carboxylic acid groups (broad SMARTS) is 1. The van der Waals surface area contributed by atoms with Gasteiger partial charge in [0.1, 0.15) is 5.82 Å². The van der Waals surface area contributed by atoms with E-state index in [1.807, 2.05) is 25.3 Å². The number of aliphatic carboxylic acids is 1. The Labute approximate surface area is 141 Å². The van der Waals surface area contributed by atoms with Crippen LogP contribution in [0.3, 0.4) is 0 Å². The van der Waals surface area contributed by atoms with E-state index >= 15 is 0 Å². The van der Waals surface area contributed by atoms with Crippen molar-refractivity contribution in [3.8, 4) is 0 Å². The van der Waals surface area contributed by atoms with Crippen LogP contribution in [0, 0.1) is 6.92 Å². The lowest BCUT2D eigenvalue weighted by Gasteiger charge is -2.23. The number of carboxylic acids is 1. The topological polar surface area (TPSA) is 79.2 Å². The summed E-state index contributed by atoms with van der Waals surface area (Å²) in [6, 6.07) is 6.10. The summed E-state index contributed by atoms with van der Waals surface area (Å²) in [6.07, 6.45) is 6.36. The van der Waals surface area contributed by atoms with Crippen LogP contribution in [0.2, 0.25) is 0 Å². The Morgan fingerprint density at radius 3 is 3.04 bits per heavy atom. The molecular weight excluding hydrogens is 304 g/mol. The smallest absolute Gasteiger partial charge is 0.303 e. The molecule has 0 unspecified atom stereocenters. The summed E-state index contributed by atoms with van der Waals surface area (Å²) < 4.78 is 0. The van der Waals surface area contributed by atoms with Crippen molar-refractivity contribution in [3.63, 3.8) is 0 Å². The average Bonchev–Trinajstić information content (AvgIpc) is 3.01. The number of rotatable bonds is 6. The molecule has 126 valence electrons. The number of likely N-dealkylation sites (tertiary alicyclic amines) is 1. The lowest BCUT2D eigenvalue weighted by atomic mass is 10.1. The van der Waals surface area contributed by atoms with E-state index in [0.717, 1.165) is 43.1 Å². The SMILES string of the molecule is Cc1cc(CCC(=O)O)nc([C@H]2CCCN2Cc2cccnc2)n1. The van der Waals surface area contributed by atoms with Crippen LogP contribution in [0.5, 0.6) is 0 Å². The molecule has 0 aliphatic carbocycles. The fourth-order valence-corrected chi connectivity index (χ4v) is 3.20. The molecule has 1 aliphatic rings. The first-order valence-electron chi connectivity index (χ1n) is 8.31. The molecule has 24 heavy (non-hydrogen) atoms. The third kappa shape index (κ3) is 4.14. The van der Waals surface area contributed by atoms with Gasteiger partial charge in [-0.05, 0) is 44.0 Å². The minimum atomic E-state index is -0.799. The predicted molar refractivity (Wildman–Crippen MR) is 89.3 cm³/mol. The van der Waals surface area contributed by atoms with E-state index in [0.29, 0.717) is 6.42 Å². The second kappa shape index (κ2) is 7.49. The van der Waals surface area contributed by atoms with Crippen LogP contribution < -0.4 is 0 Å². The number of hydrogen-bond donors (Lipinski definition) is 1. The minimum absolute atomic E-state index is 0.0972. The first-order valence-corrected chi connectivity index (χ1v) is 8.31. The monoisotopic (exact) mass is 326 g/mol. The molecule has 0 spiro atoms. The molecule has 2 aromatic rings. The van der Waals surface area contributed by atoms with Crippen molar-refractivity contribution < 1.29 is 9.90 Å². The largest absolute Gasteiger partial charge is 0.481 e. The number of nitrogens with zero attached hydrogens (tertiary/aromatic N) is 4. The Morgan fingerprint density at radius 2 is 2.29 bits per heavy atom. The van der Waals surface area contributed by atoms with Gasteiger partial charge in [0.25, 0.3) is 0 Å². The molecule has 0 aromatic carbocycles. The fourth-order valence-electron chi connectivity index (χ4n) is 3.20. The standard InChI is InChI=1S/C18H22N4O2/c1-13-10-15(6-7-17(23)24)21-18(20-13)16-5-3-9-22(16)12-14-4-2-8-19-11-14/h2,4,8,10-11,16H,3,5-7,9,12H2,1H3,(H,23,24)/t16-/m1/s1. The molecular formula is C18H22N4O2. The zero-order chi connectivity index (χ0) is 16.9. The molecule has 1 atom stereocenters. The molecule has 0 bridgehead atoms. The Morgan fingerprint density at radius 1 is 1.42 bits per heavy atom. The maximum Gasteiger partial charge on any atom is 0.303 e. The molecule has 0 amide bonds. The number of carbonyl (C=O) groups is 1. The maximum atomic E-state index is 10.8. The van der Waals surface area contributed by atoms with E-state index in [-0.39, 0.29) is 12.5 Å². The lowest BCUT2D eigenvalue weighted by molar-refractivity contribution is -0.136. The minimum Gasteiger partial charge on any atom is -0.481 e. The van der Waals surface area contributed by atoms with Crippen molar-refractivity contribution in [1.29, 1.82) is 0 Å². The quantitative estimate of drug-likeness (QED) is 0.879. The first-order chi connectivity index (χ1) is 11.6. The normalized spacial score (nSPS) is 18.0. The highest BCUT2D eigenvalue weighted by atomic mass is 16.4. The van der Waals surface area contributed by atoms with Gasteiger partial charge in [-0.3, -0.25) is 14.7 Å². The van der Waals surface area contributed by atoms with Crippen LogP contribution in [0.1, 0.15) is 48.1 Å². The van der Waals surface area contributed by atoms with E-state index in [4.69, 9.17) is 5.11 Å². The van der Waals surface area contributed by atoms with E-state index in [1.54, 1.807) is 6.20 Å². The zero-order valence-electron chi connectivity index (χ0n) is 13.9. The Hall–Kier alpha value is -2.34. The molecule has 6 heteroatoms. The summed E-state index contributed by atoms with van der Waals surface area (Å²) in [6.45, 7) is 3.79. The van der Waals surface area contributed by atoms with Crippen LogP contribution in [0.4, 0.5) is 0 Å². The fraction of sp³-hybridized carbons (Fsp3) is 0.444. The van der Waals surface area contributed by atoms with Gasteiger partial charge in [0, 0.05) is 36.7 Å². The second-order valence-electron chi connectivity index (χ2n) is 6.24. The molecule has 1 N–H and O–H groups in total. The summed E-state index contributed by atoms with van der Waals surface area (Å²) in [5, 5.41) is 8.87. The van der Waals surface area contributed by atoms with Crippen molar-refractivity contribution >= 4 is 5.97 Å². The Balaban J connectivity index is 1.77. The van der Waals surface area contributed by atoms with Crippen LogP contribution in [-0.4, -0.2) is 37.5 Å². The van der Waals surface area contributed by atoms with Gasteiger partial charge in [0.15, 0.2) is 0 Å². The summed E-state index contributed by atoms with van der Waals surface area (Å²) in [7, 11) is 0. The molecule has 3 heterocycles. The highest BCUT2D eigenvalue weighted by Gasteiger charge is 2.28. The molecule has 3 rings (SSSR count). The van der Waals surface area contributed by atoms with Crippen molar-refractivity contribution in [3.05, 3.63) is 53.4 Å². The summed E-state index contributed by atoms with van der Waals surface area (Å²) in [4.78, 5) is 26.6. The predicted octanol–water partition coefficient (Wildman–Crippen LogP) is 2.53. The maximum absolute atomic E-state index is 10.8. The van der Waals surface area contributed by atoms with Crippen molar-refractivity contribution in [2.24, 2.45) is 0 Å². The highest BCUT2D eigenvalue weighted by molar-refractivity contribution is 5.66. The zero-order valence-corrected chi connectivity index (χ0v) is 13.9. The van der Waals surface area contributed by atoms with Gasteiger partial charge in [-0.2, -0.15) is 0 Å². The molecule has 0 saturated carbocycles. The highest BCUT2D eigenvalue weighted by Crippen LogP contribution is 2.31. The Kier molecular flexibility index (Phi) is 5.15. The lowest BCUT2D eigenvalue weighted by Crippen LogP contribution is -2.25. The van der Waals surface area contributed by atoms with Gasteiger partial charge in [-0.25, -0.2) is 9.97 Å².